The van der Waals surface area contributed by atoms with E-state index in [2.05, 4.69) is 12.2 Å². The highest BCUT2D eigenvalue weighted by atomic mass is 16.5. The molecule has 0 fully saturated rings. The van der Waals surface area contributed by atoms with E-state index >= 15 is 0 Å². The van der Waals surface area contributed by atoms with Gasteiger partial charge in [0, 0.05) is 5.69 Å². The minimum Gasteiger partial charge on any atom is -0.497 e. The first-order chi connectivity index (χ1) is 10.6. The molecule has 1 N–H and O–H groups in total. The monoisotopic (exact) mass is 299 g/mol. The van der Waals surface area contributed by atoms with Gasteiger partial charge < -0.3 is 14.8 Å². The zero-order valence-electron chi connectivity index (χ0n) is 13.1. The largest absolute Gasteiger partial charge is 0.497 e. The summed E-state index contributed by atoms with van der Waals surface area (Å²) in [6.07, 6.45) is 0.393. The fourth-order valence-corrected chi connectivity index (χ4v) is 1.98. The molecule has 0 aliphatic carbocycles. The van der Waals surface area contributed by atoms with E-state index in [1.54, 1.807) is 38.3 Å². The summed E-state index contributed by atoms with van der Waals surface area (Å²) >= 11 is 0. The number of methoxy groups -OCH3 is 1. The van der Waals surface area contributed by atoms with Crippen molar-refractivity contribution in [3.63, 3.8) is 0 Å². The van der Waals surface area contributed by atoms with Crippen LogP contribution in [0.15, 0.2) is 48.5 Å². The highest BCUT2D eigenvalue weighted by Gasteiger charge is 2.14. The van der Waals surface area contributed by atoms with Crippen LogP contribution in [-0.4, -0.2) is 19.1 Å². The summed E-state index contributed by atoms with van der Waals surface area (Å²) in [6, 6.07) is 15.0. The predicted molar refractivity (Wildman–Crippen MR) is 87.5 cm³/mol. The highest BCUT2D eigenvalue weighted by molar-refractivity contribution is 5.94. The molecule has 2 aromatic carbocycles. The van der Waals surface area contributed by atoms with E-state index in [4.69, 9.17) is 9.47 Å². The number of nitrogens with one attached hydrogen (secondary N) is 1. The summed E-state index contributed by atoms with van der Waals surface area (Å²) in [5, 5.41) is 2.85. The molecule has 0 saturated carbocycles. The number of hydrogen-bond donors (Lipinski definition) is 1. The highest BCUT2D eigenvalue weighted by Crippen LogP contribution is 2.18. The third-order valence-electron chi connectivity index (χ3n) is 3.37. The van der Waals surface area contributed by atoms with Crippen LogP contribution in [-0.2, 0) is 11.2 Å². The molecule has 0 radical (unpaired) electrons. The normalized spacial score (nSPS) is 11.6. The van der Waals surface area contributed by atoms with Crippen LogP contribution in [0, 0.1) is 0 Å². The van der Waals surface area contributed by atoms with Crippen molar-refractivity contribution < 1.29 is 14.3 Å². The second kappa shape index (κ2) is 7.50. The molecule has 0 aliphatic rings. The molecule has 4 heteroatoms. The van der Waals surface area contributed by atoms with Crippen molar-refractivity contribution in [1.82, 2.24) is 0 Å². The van der Waals surface area contributed by atoms with Crippen molar-refractivity contribution in [2.75, 3.05) is 12.4 Å². The number of aryl methyl sites for hydroxylation is 1. The van der Waals surface area contributed by atoms with Gasteiger partial charge in [0.15, 0.2) is 6.10 Å². The Kier molecular flexibility index (Phi) is 5.42. The zero-order valence-corrected chi connectivity index (χ0v) is 13.1. The number of carbonyl (C=O) groups is 1. The maximum Gasteiger partial charge on any atom is 0.265 e. The first-order valence-corrected chi connectivity index (χ1v) is 7.33. The van der Waals surface area contributed by atoms with Crippen LogP contribution >= 0.6 is 0 Å². The van der Waals surface area contributed by atoms with Crippen molar-refractivity contribution in [3.05, 3.63) is 54.1 Å². The number of carbonyl (C=O) groups excluding carboxylic acids is 1. The Balaban J connectivity index is 1.92. The van der Waals surface area contributed by atoms with Gasteiger partial charge in [-0.3, -0.25) is 4.79 Å². The van der Waals surface area contributed by atoms with Gasteiger partial charge in [0.2, 0.25) is 0 Å². The van der Waals surface area contributed by atoms with Gasteiger partial charge in [-0.05, 0) is 55.3 Å². The Morgan fingerprint density at radius 2 is 1.64 bits per heavy atom. The average Bonchev–Trinajstić information content (AvgIpc) is 2.56. The molecular formula is C18H21NO3. The van der Waals surface area contributed by atoms with Crippen LogP contribution in [0.25, 0.3) is 0 Å². The van der Waals surface area contributed by atoms with Crippen molar-refractivity contribution in [1.29, 1.82) is 0 Å². The molecule has 0 heterocycles. The van der Waals surface area contributed by atoms with Gasteiger partial charge >= 0.3 is 0 Å². The molecule has 0 aromatic heterocycles. The standard InChI is InChI=1S/C18H21NO3/c1-4-14-5-7-15(8-6-14)19-18(20)13(2)22-17-11-9-16(21-3)10-12-17/h5-13H,4H2,1-3H3,(H,19,20)/t13-/m1/s1. The van der Waals surface area contributed by atoms with Crippen LogP contribution in [0.3, 0.4) is 0 Å². The molecule has 116 valence electrons. The molecule has 4 nitrogen and oxygen atoms in total. The number of ether oxygens (including phenoxy) is 2. The van der Waals surface area contributed by atoms with Crippen molar-refractivity contribution in [2.45, 2.75) is 26.4 Å². The van der Waals surface area contributed by atoms with Gasteiger partial charge in [0.05, 0.1) is 7.11 Å². The summed E-state index contributed by atoms with van der Waals surface area (Å²) in [6.45, 7) is 3.82. The lowest BCUT2D eigenvalue weighted by Crippen LogP contribution is -2.30. The summed E-state index contributed by atoms with van der Waals surface area (Å²) in [4.78, 5) is 12.1. The smallest absolute Gasteiger partial charge is 0.265 e. The summed E-state index contributed by atoms with van der Waals surface area (Å²) < 4.78 is 10.7. The van der Waals surface area contributed by atoms with Crippen molar-refractivity contribution >= 4 is 11.6 Å². The van der Waals surface area contributed by atoms with E-state index in [1.807, 2.05) is 24.3 Å². The second-order valence-electron chi connectivity index (χ2n) is 4.98. The zero-order chi connectivity index (χ0) is 15.9. The summed E-state index contributed by atoms with van der Waals surface area (Å²) in [5.74, 6) is 1.20. The van der Waals surface area contributed by atoms with Gasteiger partial charge in [-0.2, -0.15) is 0 Å². The Bertz CT molecular complexity index is 605. The number of hydrogen-bond acceptors (Lipinski definition) is 3. The van der Waals surface area contributed by atoms with E-state index < -0.39 is 6.10 Å². The van der Waals surface area contributed by atoms with E-state index in [0.717, 1.165) is 17.9 Å². The minimum atomic E-state index is -0.584. The predicted octanol–water partition coefficient (Wildman–Crippen LogP) is 3.66. The molecule has 1 amide bonds. The maximum absolute atomic E-state index is 12.1. The summed E-state index contributed by atoms with van der Waals surface area (Å²) in [5.41, 5.74) is 2.01. The van der Waals surface area contributed by atoms with Gasteiger partial charge in [-0.1, -0.05) is 19.1 Å². The lowest BCUT2D eigenvalue weighted by molar-refractivity contribution is -0.122. The third-order valence-corrected chi connectivity index (χ3v) is 3.37. The number of amides is 1. The Morgan fingerprint density at radius 3 is 2.18 bits per heavy atom. The Hall–Kier alpha value is -2.49. The number of rotatable bonds is 6. The number of benzene rings is 2. The SMILES string of the molecule is CCc1ccc(NC(=O)[C@@H](C)Oc2ccc(OC)cc2)cc1. The average molecular weight is 299 g/mol. The number of anilines is 1. The van der Waals surface area contributed by atoms with Crippen LogP contribution < -0.4 is 14.8 Å². The topological polar surface area (TPSA) is 47.6 Å². The van der Waals surface area contributed by atoms with E-state index in [0.29, 0.717) is 5.75 Å². The Labute approximate surface area is 131 Å². The molecular weight excluding hydrogens is 278 g/mol. The molecule has 0 saturated heterocycles. The summed E-state index contributed by atoms with van der Waals surface area (Å²) in [7, 11) is 1.61. The van der Waals surface area contributed by atoms with Gasteiger partial charge in [0.1, 0.15) is 11.5 Å². The van der Waals surface area contributed by atoms with E-state index in [1.165, 1.54) is 5.56 Å². The Morgan fingerprint density at radius 1 is 1.05 bits per heavy atom. The van der Waals surface area contributed by atoms with Crippen LogP contribution in [0.4, 0.5) is 5.69 Å². The molecule has 0 aliphatic heterocycles. The lowest BCUT2D eigenvalue weighted by atomic mass is 10.1. The fraction of sp³-hybridized carbons (Fsp3) is 0.278. The van der Waals surface area contributed by atoms with Crippen molar-refractivity contribution in [3.8, 4) is 11.5 Å². The molecule has 2 aromatic rings. The van der Waals surface area contributed by atoms with Crippen LogP contribution in [0.5, 0.6) is 11.5 Å². The van der Waals surface area contributed by atoms with E-state index in [9.17, 15) is 4.79 Å². The van der Waals surface area contributed by atoms with Crippen LogP contribution in [0.1, 0.15) is 19.4 Å². The molecule has 1 atom stereocenters. The molecule has 0 bridgehead atoms. The first kappa shape index (κ1) is 15.9. The van der Waals surface area contributed by atoms with E-state index in [-0.39, 0.29) is 5.91 Å². The first-order valence-electron chi connectivity index (χ1n) is 7.33. The third kappa shape index (κ3) is 4.25. The molecule has 2 rings (SSSR count). The van der Waals surface area contributed by atoms with Crippen LogP contribution in [0.2, 0.25) is 0 Å². The van der Waals surface area contributed by atoms with Gasteiger partial charge in [-0.15, -0.1) is 0 Å². The minimum absolute atomic E-state index is 0.180. The van der Waals surface area contributed by atoms with Gasteiger partial charge in [0.25, 0.3) is 5.91 Å². The molecule has 22 heavy (non-hydrogen) atoms. The van der Waals surface area contributed by atoms with Gasteiger partial charge in [-0.25, -0.2) is 0 Å². The molecule has 0 spiro atoms. The van der Waals surface area contributed by atoms with Crippen molar-refractivity contribution in [2.24, 2.45) is 0 Å². The molecule has 0 unspecified atom stereocenters. The quantitative estimate of drug-likeness (QED) is 0.885. The second-order valence-corrected chi connectivity index (χ2v) is 4.98. The lowest BCUT2D eigenvalue weighted by Gasteiger charge is -2.15. The fourth-order valence-electron chi connectivity index (χ4n) is 1.98. The maximum atomic E-state index is 12.1.